The van der Waals surface area contributed by atoms with Crippen LogP contribution in [0.1, 0.15) is 11.8 Å². The Hall–Kier alpha value is -2.64. The zero-order valence-corrected chi connectivity index (χ0v) is 12.9. The van der Waals surface area contributed by atoms with Crippen LogP contribution >= 0.6 is 11.3 Å². The zero-order valence-electron chi connectivity index (χ0n) is 12.1. The summed E-state index contributed by atoms with van der Waals surface area (Å²) in [5.41, 5.74) is 1.04. The van der Waals surface area contributed by atoms with Crippen LogP contribution < -0.4 is 10.6 Å². The van der Waals surface area contributed by atoms with Crippen LogP contribution in [0.3, 0.4) is 0 Å². The third-order valence-electron chi connectivity index (χ3n) is 3.16. The molecule has 1 aromatic carbocycles. The van der Waals surface area contributed by atoms with E-state index in [0.717, 1.165) is 10.4 Å². The first-order valence-electron chi connectivity index (χ1n) is 6.99. The summed E-state index contributed by atoms with van der Waals surface area (Å²) in [6.45, 7) is -0.256. The van der Waals surface area contributed by atoms with E-state index in [1.165, 1.54) is 17.6 Å². The van der Waals surface area contributed by atoms with E-state index in [1.54, 1.807) is 18.3 Å². The SMILES string of the molecule is O=C(Nc1ncc(-c2ccccc2)s1)NC(CO)c1ccco1. The number of benzene rings is 1. The Kier molecular flexibility index (Phi) is 4.70. The van der Waals surface area contributed by atoms with Crippen LogP contribution in [0.15, 0.2) is 59.3 Å². The van der Waals surface area contributed by atoms with Crippen LogP contribution in [0.5, 0.6) is 0 Å². The number of amides is 2. The largest absolute Gasteiger partial charge is 0.467 e. The summed E-state index contributed by atoms with van der Waals surface area (Å²) in [5.74, 6) is 0.492. The van der Waals surface area contributed by atoms with Crippen molar-refractivity contribution in [1.29, 1.82) is 0 Å². The molecule has 0 fully saturated rings. The van der Waals surface area contributed by atoms with Crippen molar-refractivity contribution in [3.63, 3.8) is 0 Å². The number of urea groups is 1. The first-order valence-corrected chi connectivity index (χ1v) is 7.81. The molecule has 23 heavy (non-hydrogen) atoms. The molecular weight excluding hydrogens is 314 g/mol. The molecule has 1 unspecified atom stereocenters. The average Bonchev–Trinajstić information content (AvgIpc) is 3.25. The van der Waals surface area contributed by atoms with E-state index in [2.05, 4.69) is 15.6 Å². The minimum atomic E-state index is -0.599. The van der Waals surface area contributed by atoms with E-state index in [-0.39, 0.29) is 6.61 Å². The molecule has 0 spiro atoms. The number of carbonyl (C=O) groups excluding carboxylic acids is 1. The van der Waals surface area contributed by atoms with Crippen molar-refractivity contribution in [3.8, 4) is 10.4 Å². The van der Waals surface area contributed by atoms with Gasteiger partial charge in [-0.15, -0.1) is 0 Å². The van der Waals surface area contributed by atoms with Crippen LogP contribution in [0, 0.1) is 0 Å². The van der Waals surface area contributed by atoms with Crippen molar-refractivity contribution < 1.29 is 14.3 Å². The number of hydrogen-bond donors (Lipinski definition) is 3. The van der Waals surface area contributed by atoms with Crippen molar-refractivity contribution in [3.05, 3.63) is 60.7 Å². The van der Waals surface area contributed by atoms with Gasteiger partial charge >= 0.3 is 6.03 Å². The topological polar surface area (TPSA) is 87.4 Å². The number of hydrogen-bond acceptors (Lipinski definition) is 5. The lowest BCUT2D eigenvalue weighted by atomic mass is 10.2. The van der Waals surface area contributed by atoms with E-state index in [1.807, 2.05) is 30.3 Å². The number of nitrogens with zero attached hydrogens (tertiary/aromatic N) is 1. The molecule has 3 N–H and O–H groups in total. The fraction of sp³-hybridized carbons (Fsp3) is 0.125. The van der Waals surface area contributed by atoms with Crippen molar-refractivity contribution in [2.45, 2.75) is 6.04 Å². The summed E-state index contributed by atoms with van der Waals surface area (Å²) < 4.78 is 5.18. The number of anilines is 1. The highest BCUT2D eigenvalue weighted by Gasteiger charge is 2.17. The smallest absolute Gasteiger partial charge is 0.321 e. The third kappa shape index (κ3) is 3.77. The second-order valence-electron chi connectivity index (χ2n) is 4.74. The van der Waals surface area contributed by atoms with E-state index in [9.17, 15) is 9.90 Å². The van der Waals surface area contributed by atoms with Crippen LogP contribution in [-0.4, -0.2) is 22.7 Å². The van der Waals surface area contributed by atoms with Crippen molar-refractivity contribution >= 4 is 22.5 Å². The van der Waals surface area contributed by atoms with Gasteiger partial charge in [0.25, 0.3) is 0 Å². The molecule has 0 saturated heterocycles. The maximum absolute atomic E-state index is 12.0. The summed E-state index contributed by atoms with van der Waals surface area (Å²) >= 11 is 1.38. The van der Waals surface area contributed by atoms with Gasteiger partial charge in [0, 0.05) is 6.20 Å². The standard InChI is InChI=1S/C16H15N3O3S/c20-10-12(13-7-4-8-22-13)18-15(21)19-16-17-9-14(23-16)11-5-2-1-3-6-11/h1-9,12,20H,10H2,(H2,17,18,19,21). The Balaban J connectivity index is 1.63. The minimum absolute atomic E-state index is 0.256. The van der Waals surface area contributed by atoms with Gasteiger partial charge in [-0.05, 0) is 17.7 Å². The molecule has 6 nitrogen and oxygen atoms in total. The highest BCUT2D eigenvalue weighted by atomic mass is 32.1. The van der Waals surface area contributed by atoms with Gasteiger partial charge in [0.1, 0.15) is 11.8 Å². The third-order valence-corrected chi connectivity index (χ3v) is 4.12. The second kappa shape index (κ2) is 7.08. The van der Waals surface area contributed by atoms with Crippen LogP contribution in [0.4, 0.5) is 9.93 Å². The lowest BCUT2D eigenvalue weighted by Crippen LogP contribution is -2.34. The highest BCUT2D eigenvalue weighted by molar-refractivity contribution is 7.19. The number of thiazole rings is 1. The fourth-order valence-electron chi connectivity index (χ4n) is 2.06. The number of rotatable bonds is 5. The van der Waals surface area contributed by atoms with Gasteiger partial charge in [-0.3, -0.25) is 5.32 Å². The maximum Gasteiger partial charge on any atom is 0.321 e. The minimum Gasteiger partial charge on any atom is -0.467 e. The van der Waals surface area contributed by atoms with Crippen molar-refractivity contribution in [1.82, 2.24) is 10.3 Å². The molecule has 0 radical (unpaired) electrons. The molecule has 2 heterocycles. The predicted molar refractivity (Wildman–Crippen MR) is 88.2 cm³/mol. The second-order valence-corrected chi connectivity index (χ2v) is 5.78. The number of nitrogens with one attached hydrogen (secondary N) is 2. The highest BCUT2D eigenvalue weighted by Crippen LogP contribution is 2.28. The maximum atomic E-state index is 12.0. The monoisotopic (exact) mass is 329 g/mol. The van der Waals surface area contributed by atoms with Gasteiger partial charge in [0.05, 0.1) is 17.7 Å². The molecule has 7 heteroatoms. The summed E-state index contributed by atoms with van der Waals surface area (Å²) in [4.78, 5) is 17.2. The molecule has 0 bridgehead atoms. The first-order chi connectivity index (χ1) is 11.3. The molecule has 2 amide bonds. The summed E-state index contributed by atoms with van der Waals surface area (Å²) in [6.07, 6.45) is 3.20. The molecule has 0 aliphatic heterocycles. The van der Waals surface area contributed by atoms with E-state index < -0.39 is 12.1 Å². The lowest BCUT2D eigenvalue weighted by molar-refractivity contribution is 0.215. The Bertz CT molecular complexity index is 756. The Morgan fingerprint density at radius 2 is 2.09 bits per heavy atom. The normalized spacial score (nSPS) is 11.9. The van der Waals surface area contributed by atoms with Crippen LogP contribution in [0.2, 0.25) is 0 Å². The van der Waals surface area contributed by atoms with Gasteiger partial charge in [-0.25, -0.2) is 9.78 Å². The number of furan rings is 1. The molecule has 118 valence electrons. The zero-order chi connectivity index (χ0) is 16.1. The lowest BCUT2D eigenvalue weighted by Gasteiger charge is -2.13. The van der Waals surface area contributed by atoms with E-state index in [4.69, 9.17) is 4.42 Å². The van der Waals surface area contributed by atoms with Gasteiger partial charge in [-0.1, -0.05) is 41.7 Å². The molecule has 1 atom stereocenters. The number of aliphatic hydroxyl groups excluding tert-OH is 1. The molecule has 0 aliphatic rings. The number of aliphatic hydroxyl groups is 1. The fourth-order valence-corrected chi connectivity index (χ4v) is 2.87. The van der Waals surface area contributed by atoms with Crippen molar-refractivity contribution in [2.75, 3.05) is 11.9 Å². The molecular formula is C16H15N3O3S. The van der Waals surface area contributed by atoms with Crippen LogP contribution in [-0.2, 0) is 0 Å². The Morgan fingerprint density at radius 3 is 2.78 bits per heavy atom. The van der Waals surface area contributed by atoms with Crippen LogP contribution in [0.25, 0.3) is 10.4 Å². The van der Waals surface area contributed by atoms with Gasteiger partial charge in [0.15, 0.2) is 5.13 Å². The van der Waals surface area contributed by atoms with E-state index >= 15 is 0 Å². The summed E-state index contributed by atoms with van der Waals surface area (Å²) in [7, 11) is 0. The van der Waals surface area contributed by atoms with Crippen molar-refractivity contribution in [2.24, 2.45) is 0 Å². The number of aromatic nitrogens is 1. The average molecular weight is 329 g/mol. The Labute approximate surface area is 136 Å². The summed E-state index contributed by atoms with van der Waals surface area (Å²) in [5, 5.41) is 15.1. The predicted octanol–water partition coefficient (Wildman–Crippen LogP) is 3.26. The molecule has 0 aliphatic carbocycles. The molecule has 2 aromatic heterocycles. The molecule has 3 rings (SSSR count). The van der Waals surface area contributed by atoms with Gasteiger partial charge in [-0.2, -0.15) is 0 Å². The molecule has 3 aromatic rings. The van der Waals surface area contributed by atoms with Gasteiger partial charge in [0.2, 0.25) is 0 Å². The number of carbonyl (C=O) groups is 1. The first kappa shape index (κ1) is 15.3. The van der Waals surface area contributed by atoms with Gasteiger partial charge < -0.3 is 14.8 Å². The van der Waals surface area contributed by atoms with E-state index in [0.29, 0.717) is 10.9 Å². The molecule has 0 saturated carbocycles. The Morgan fingerprint density at radius 1 is 1.26 bits per heavy atom. The quantitative estimate of drug-likeness (QED) is 0.670. The summed E-state index contributed by atoms with van der Waals surface area (Å²) in [6, 6.07) is 12.1.